The molecule has 0 aliphatic heterocycles. The monoisotopic (exact) mass is 217 g/mol. The lowest BCUT2D eigenvalue weighted by Gasteiger charge is -2.11. The van der Waals surface area contributed by atoms with Crippen LogP contribution in [0.4, 0.5) is 0 Å². The van der Waals surface area contributed by atoms with E-state index in [1.165, 1.54) is 50.9 Å². The van der Waals surface area contributed by atoms with Gasteiger partial charge < -0.3 is 5.32 Å². The first kappa shape index (κ1) is 14.3. The summed E-state index contributed by atoms with van der Waals surface area (Å²) in [6.07, 6.45) is 6.71. The normalized spacial score (nSPS) is 13.1. The van der Waals surface area contributed by atoms with E-state index in [1.807, 2.05) is 0 Å². The Balaban J connectivity index is 3.06. The topological polar surface area (TPSA) is 12.0 Å². The third-order valence-electron chi connectivity index (χ3n) is 2.29. The first-order valence-corrected chi connectivity index (χ1v) is 7.18. The van der Waals surface area contributed by atoms with Gasteiger partial charge >= 0.3 is 0 Å². The van der Waals surface area contributed by atoms with E-state index in [9.17, 15) is 0 Å². The Bertz CT molecular complexity index is 106. The smallest absolute Gasteiger partial charge is 0.0144 e. The number of hydrogen-bond acceptors (Lipinski definition) is 2. The Morgan fingerprint density at radius 2 is 1.79 bits per heavy atom. The minimum atomic E-state index is 0.781. The molecule has 0 bridgehead atoms. The van der Waals surface area contributed by atoms with Gasteiger partial charge in [0.15, 0.2) is 0 Å². The minimum absolute atomic E-state index is 0.781. The average Bonchev–Trinajstić information content (AvgIpc) is 2.18. The zero-order valence-corrected chi connectivity index (χ0v) is 11.0. The molecular weight excluding hydrogens is 190 g/mol. The van der Waals surface area contributed by atoms with Crippen molar-refractivity contribution in [2.45, 2.75) is 58.1 Å². The number of nitrogens with one attached hydrogen (secondary N) is 1. The number of unbranched alkanes of at least 4 members (excludes halogenated alkanes) is 3. The van der Waals surface area contributed by atoms with Crippen molar-refractivity contribution in [3.05, 3.63) is 0 Å². The molecule has 0 aromatic carbocycles. The maximum Gasteiger partial charge on any atom is 0.0144 e. The molecule has 1 nitrogen and oxygen atoms in total. The number of thioether (sulfide) groups is 1. The predicted molar refractivity (Wildman–Crippen MR) is 69.2 cm³/mol. The molecule has 2 heteroatoms. The molecule has 0 rings (SSSR count). The zero-order valence-electron chi connectivity index (χ0n) is 10.1. The Labute approximate surface area is 94.4 Å². The summed E-state index contributed by atoms with van der Waals surface area (Å²) in [7, 11) is 0. The van der Waals surface area contributed by atoms with E-state index in [-0.39, 0.29) is 0 Å². The molecule has 0 aromatic rings. The van der Waals surface area contributed by atoms with Crippen molar-refractivity contribution < 1.29 is 0 Å². The van der Waals surface area contributed by atoms with Gasteiger partial charge in [-0.25, -0.2) is 0 Å². The average molecular weight is 217 g/mol. The predicted octanol–water partition coefficient (Wildman–Crippen LogP) is 3.69. The summed E-state index contributed by atoms with van der Waals surface area (Å²) >= 11 is 2.10. The maximum absolute atomic E-state index is 3.53. The fourth-order valence-electron chi connectivity index (χ4n) is 1.29. The van der Waals surface area contributed by atoms with Crippen molar-refractivity contribution >= 4 is 11.8 Å². The summed E-state index contributed by atoms with van der Waals surface area (Å²) in [5.74, 6) is 1.33. The van der Waals surface area contributed by atoms with Gasteiger partial charge in [0, 0.05) is 11.8 Å². The molecule has 0 saturated heterocycles. The summed E-state index contributed by atoms with van der Waals surface area (Å²) in [5.41, 5.74) is 0. The third-order valence-corrected chi connectivity index (χ3v) is 3.55. The van der Waals surface area contributed by atoms with E-state index in [0.29, 0.717) is 0 Å². The Morgan fingerprint density at radius 3 is 2.43 bits per heavy atom. The Hall–Kier alpha value is 0.310. The van der Waals surface area contributed by atoms with Crippen molar-refractivity contribution in [1.82, 2.24) is 5.32 Å². The van der Waals surface area contributed by atoms with Crippen LogP contribution in [-0.4, -0.2) is 24.1 Å². The van der Waals surface area contributed by atoms with Gasteiger partial charge in [-0.3, -0.25) is 0 Å². The first-order chi connectivity index (χ1) is 6.81. The second-order valence-electron chi connectivity index (χ2n) is 3.95. The molecule has 0 saturated carbocycles. The summed E-state index contributed by atoms with van der Waals surface area (Å²) in [4.78, 5) is 0. The highest BCUT2D eigenvalue weighted by molar-refractivity contribution is 7.99. The molecule has 0 aliphatic carbocycles. The van der Waals surface area contributed by atoms with E-state index in [4.69, 9.17) is 0 Å². The van der Waals surface area contributed by atoms with E-state index in [0.717, 1.165) is 5.25 Å². The van der Waals surface area contributed by atoms with Gasteiger partial charge in [0.05, 0.1) is 0 Å². The van der Waals surface area contributed by atoms with Crippen LogP contribution in [0, 0.1) is 0 Å². The molecule has 0 aliphatic rings. The van der Waals surface area contributed by atoms with Gasteiger partial charge in [-0.05, 0) is 25.1 Å². The molecule has 1 N–H and O–H groups in total. The Morgan fingerprint density at radius 1 is 1.07 bits per heavy atom. The molecule has 0 fully saturated rings. The van der Waals surface area contributed by atoms with Crippen molar-refractivity contribution in [1.29, 1.82) is 0 Å². The highest BCUT2D eigenvalue weighted by Gasteiger charge is 2.00. The van der Waals surface area contributed by atoms with Crippen LogP contribution in [0.5, 0.6) is 0 Å². The molecule has 86 valence electrons. The molecule has 1 atom stereocenters. The van der Waals surface area contributed by atoms with Gasteiger partial charge in [0.1, 0.15) is 0 Å². The van der Waals surface area contributed by atoms with Crippen LogP contribution in [0.2, 0.25) is 0 Å². The minimum Gasteiger partial charge on any atom is -0.316 e. The van der Waals surface area contributed by atoms with Crippen molar-refractivity contribution in [2.24, 2.45) is 0 Å². The van der Waals surface area contributed by atoms with Crippen LogP contribution >= 0.6 is 11.8 Å². The molecule has 0 spiro atoms. The first-order valence-electron chi connectivity index (χ1n) is 6.13. The molecule has 0 amide bonds. The maximum atomic E-state index is 3.53. The third kappa shape index (κ3) is 10.4. The van der Waals surface area contributed by atoms with Gasteiger partial charge in [-0.15, -0.1) is 0 Å². The van der Waals surface area contributed by atoms with Crippen LogP contribution in [0.25, 0.3) is 0 Å². The zero-order chi connectivity index (χ0) is 10.6. The van der Waals surface area contributed by atoms with Crippen molar-refractivity contribution in [2.75, 3.05) is 18.8 Å². The lowest BCUT2D eigenvalue weighted by Crippen LogP contribution is -2.23. The molecule has 0 aromatic heterocycles. The summed E-state index contributed by atoms with van der Waals surface area (Å²) in [5, 5.41) is 4.31. The van der Waals surface area contributed by atoms with Gasteiger partial charge in [-0.1, -0.05) is 40.0 Å². The second kappa shape index (κ2) is 11.4. The van der Waals surface area contributed by atoms with Crippen LogP contribution in [0.3, 0.4) is 0 Å². The van der Waals surface area contributed by atoms with E-state index in [2.05, 4.69) is 37.8 Å². The fourth-order valence-corrected chi connectivity index (χ4v) is 2.39. The van der Waals surface area contributed by atoms with E-state index < -0.39 is 0 Å². The molecule has 0 heterocycles. The van der Waals surface area contributed by atoms with Gasteiger partial charge in [0.2, 0.25) is 0 Å². The lowest BCUT2D eigenvalue weighted by molar-refractivity contribution is 0.615. The highest BCUT2D eigenvalue weighted by Crippen LogP contribution is 2.11. The summed E-state index contributed by atoms with van der Waals surface area (Å²) in [6, 6.07) is 0. The lowest BCUT2D eigenvalue weighted by atomic mass is 10.2. The van der Waals surface area contributed by atoms with E-state index in [1.54, 1.807) is 0 Å². The van der Waals surface area contributed by atoms with Crippen LogP contribution in [0.1, 0.15) is 52.9 Å². The van der Waals surface area contributed by atoms with Crippen LogP contribution in [-0.2, 0) is 0 Å². The molecule has 14 heavy (non-hydrogen) atoms. The van der Waals surface area contributed by atoms with E-state index >= 15 is 0 Å². The summed E-state index contributed by atoms with van der Waals surface area (Å²) < 4.78 is 0. The van der Waals surface area contributed by atoms with Crippen molar-refractivity contribution in [3.63, 3.8) is 0 Å². The molecule has 0 radical (unpaired) electrons. The largest absolute Gasteiger partial charge is 0.316 e. The second-order valence-corrected chi connectivity index (χ2v) is 5.49. The van der Waals surface area contributed by atoms with Gasteiger partial charge in [-0.2, -0.15) is 11.8 Å². The quantitative estimate of drug-likeness (QED) is 0.560. The van der Waals surface area contributed by atoms with Crippen LogP contribution < -0.4 is 5.32 Å². The van der Waals surface area contributed by atoms with Crippen molar-refractivity contribution in [3.8, 4) is 0 Å². The molecule has 1 unspecified atom stereocenters. The number of rotatable bonds is 10. The highest BCUT2D eigenvalue weighted by atomic mass is 32.2. The standard InChI is InChI=1S/C12H27NS/c1-4-6-8-9-13-11-12(3)14-10-7-5-2/h12-13H,4-11H2,1-3H3. The summed E-state index contributed by atoms with van der Waals surface area (Å²) in [6.45, 7) is 9.22. The molecular formula is C12H27NS. The SMILES string of the molecule is CCCCCNCC(C)SCCCC. The Kier molecular flexibility index (Phi) is 11.6. The van der Waals surface area contributed by atoms with Crippen LogP contribution in [0.15, 0.2) is 0 Å². The van der Waals surface area contributed by atoms with Gasteiger partial charge in [0.25, 0.3) is 0 Å². The number of hydrogen-bond donors (Lipinski definition) is 1. The fraction of sp³-hybridized carbons (Fsp3) is 1.00.